The highest BCUT2D eigenvalue weighted by molar-refractivity contribution is 6.06. The molecule has 0 spiro atoms. The van der Waals surface area contributed by atoms with E-state index in [0.717, 1.165) is 17.3 Å². The van der Waals surface area contributed by atoms with Crippen LogP contribution in [0, 0.1) is 0 Å². The molecule has 1 aromatic heterocycles. The monoisotopic (exact) mass is 362 g/mol. The maximum absolute atomic E-state index is 12.6. The lowest BCUT2D eigenvalue weighted by molar-refractivity contribution is 0.102. The van der Waals surface area contributed by atoms with Gasteiger partial charge in [0.15, 0.2) is 5.82 Å². The van der Waals surface area contributed by atoms with E-state index in [0.29, 0.717) is 17.2 Å². The zero-order chi connectivity index (χ0) is 18.6. The molecule has 0 unspecified atom stereocenters. The Balaban J connectivity index is 1.47. The summed E-state index contributed by atoms with van der Waals surface area (Å²) in [7, 11) is 1.97. The summed E-state index contributed by atoms with van der Waals surface area (Å²) in [6, 6.07) is 16.6. The normalized spacial score (nSPS) is 13.8. The minimum Gasteiger partial charge on any atom is -0.485 e. The molecular formula is C21H22N4O2. The van der Waals surface area contributed by atoms with E-state index in [1.54, 1.807) is 12.1 Å². The Morgan fingerprint density at radius 2 is 1.85 bits per heavy atom. The van der Waals surface area contributed by atoms with E-state index in [1.807, 2.05) is 54.1 Å². The number of carbonyl (C=O) groups excluding carboxylic acids is 1. The maximum Gasteiger partial charge on any atom is 0.259 e. The van der Waals surface area contributed by atoms with Crippen LogP contribution in [0.15, 0.2) is 54.6 Å². The molecule has 0 bridgehead atoms. The van der Waals surface area contributed by atoms with Gasteiger partial charge in [0.25, 0.3) is 5.91 Å². The number of amides is 1. The Kier molecular flexibility index (Phi) is 4.87. The summed E-state index contributed by atoms with van der Waals surface area (Å²) in [5.74, 6) is 2.62. The molecule has 2 aromatic carbocycles. The van der Waals surface area contributed by atoms with Crippen LogP contribution < -0.4 is 10.1 Å². The van der Waals surface area contributed by atoms with Crippen LogP contribution >= 0.6 is 0 Å². The zero-order valence-electron chi connectivity index (χ0n) is 15.3. The number of rotatable bonds is 6. The molecule has 0 aliphatic heterocycles. The van der Waals surface area contributed by atoms with Crippen LogP contribution in [0.5, 0.6) is 5.75 Å². The van der Waals surface area contributed by atoms with Gasteiger partial charge in [0.1, 0.15) is 18.2 Å². The summed E-state index contributed by atoms with van der Waals surface area (Å²) in [5, 5.41) is 11.5. The van der Waals surface area contributed by atoms with Crippen molar-refractivity contribution in [2.75, 3.05) is 5.32 Å². The van der Waals surface area contributed by atoms with Gasteiger partial charge in [0.2, 0.25) is 0 Å². The van der Waals surface area contributed by atoms with Crippen molar-refractivity contribution in [1.82, 2.24) is 14.8 Å². The summed E-state index contributed by atoms with van der Waals surface area (Å²) >= 11 is 0. The smallest absolute Gasteiger partial charge is 0.259 e. The lowest BCUT2D eigenvalue weighted by Crippen LogP contribution is -2.16. The van der Waals surface area contributed by atoms with Gasteiger partial charge in [-0.05, 0) is 37.1 Å². The SMILES string of the molecule is Cn1c(COc2ccccc2C(=O)Nc2ccccc2)nnc1C1CCC1. The molecule has 3 aromatic rings. The number of carbonyl (C=O) groups is 1. The van der Waals surface area contributed by atoms with E-state index in [1.165, 1.54) is 19.3 Å². The largest absolute Gasteiger partial charge is 0.485 e. The van der Waals surface area contributed by atoms with E-state index in [2.05, 4.69) is 15.5 Å². The predicted molar refractivity (Wildman–Crippen MR) is 103 cm³/mol. The first-order valence-electron chi connectivity index (χ1n) is 9.19. The molecular weight excluding hydrogens is 340 g/mol. The molecule has 1 aliphatic rings. The Hall–Kier alpha value is -3.15. The van der Waals surface area contributed by atoms with E-state index in [-0.39, 0.29) is 12.5 Å². The minimum atomic E-state index is -0.204. The van der Waals surface area contributed by atoms with Crippen LogP contribution in [-0.2, 0) is 13.7 Å². The molecule has 6 nitrogen and oxygen atoms in total. The molecule has 0 saturated heterocycles. The Morgan fingerprint density at radius 3 is 2.59 bits per heavy atom. The number of anilines is 1. The third-order valence-electron chi connectivity index (χ3n) is 4.99. The quantitative estimate of drug-likeness (QED) is 0.722. The highest BCUT2D eigenvalue weighted by Crippen LogP contribution is 2.35. The molecule has 1 saturated carbocycles. The lowest BCUT2D eigenvalue weighted by Gasteiger charge is -2.24. The summed E-state index contributed by atoms with van der Waals surface area (Å²) < 4.78 is 7.93. The molecule has 4 rings (SSSR count). The topological polar surface area (TPSA) is 69.0 Å². The van der Waals surface area contributed by atoms with Crippen molar-refractivity contribution >= 4 is 11.6 Å². The highest BCUT2D eigenvalue weighted by atomic mass is 16.5. The predicted octanol–water partition coefficient (Wildman–Crippen LogP) is 3.91. The molecule has 1 heterocycles. The van der Waals surface area contributed by atoms with Crippen LogP contribution in [0.4, 0.5) is 5.69 Å². The molecule has 27 heavy (non-hydrogen) atoms. The van der Waals surface area contributed by atoms with Gasteiger partial charge in [0, 0.05) is 18.7 Å². The van der Waals surface area contributed by atoms with Gasteiger partial charge in [-0.15, -0.1) is 10.2 Å². The number of benzene rings is 2. The summed E-state index contributed by atoms with van der Waals surface area (Å²) in [4.78, 5) is 12.6. The first kappa shape index (κ1) is 17.3. The second-order valence-electron chi connectivity index (χ2n) is 6.77. The summed E-state index contributed by atoms with van der Waals surface area (Å²) in [6.45, 7) is 0.270. The first-order valence-corrected chi connectivity index (χ1v) is 9.19. The molecule has 6 heteroatoms. The fraction of sp³-hybridized carbons (Fsp3) is 0.286. The van der Waals surface area contributed by atoms with Crippen molar-refractivity contribution in [3.8, 4) is 5.75 Å². The van der Waals surface area contributed by atoms with Gasteiger partial charge in [-0.1, -0.05) is 36.8 Å². The maximum atomic E-state index is 12.6. The number of nitrogens with one attached hydrogen (secondary N) is 1. The third kappa shape index (κ3) is 3.69. The van der Waals surface area contributed by atoms with Crippen LogP contribution in [0.1, 0.15) is 47.2 Å². The van der Waals surface area contributed by atoms with Crippen molar-refractivity contribution in [3.63, 3.8) is 0 Å². The molecule has 1 N–H and O–H groups in total. The van der Waals surface area contributed by atoms with Crippen LogP contribution in [0.25, 0.3) is 0 Å². The van der Waals surface area contributed by atoms with E-state index >= 15 is 0 Å². The third-order valence-corrected chi connectivity index (χ3v) is 4.99. The fourth-order valence-electron chi connectivity index (χ4n) is 3.17. The molecule has 1 amide bonds. The standard InChI is InChI=1S/C21H22N4O2/c1-25-19(23-24-20(25)15-8-7-9-15)14-27-18-13-6-5-12-17(18)21(26)22-16-10-3-2-4-11-16/h2-6,10-13,15H,7-9,14H2,1H3,(H,22,26). The number of hydrogen-bond acceptors (Lipinski definition) is 4. The van der Waals surface area contributed by atoms with Gasteiger partial charge in [0.05, 0.1) is 5.56 Å². The average Bonchev–Trinajstić information content (AvgIpc) is 3.00. The Bertz CT molecular complexity index is 932. The second-order valence-corrected chi connectivity index (χ2v) is 6.77. The number of ether oxygens (including phenoxy) is 1. The lowest BCUT2D eigenvalue weighted by atomic mass is 9.85. The van der Waals surface area contributed by atoms with Crippen molar-refractivity contribution in [2.24, 2.45) is 7.05 Å². The first-order chi connectivity index (χ1) is 13.2. The average molecular weight is 362 g/mol. The molecule has 1 aliphatic carbocycles. The molecule has 1 fully saturated rings. The number of aromatic nitrogens is 3. The second kappa shape index (κ2) is 7.61. The van der Waals surface area contributed by atoms with Crippen molar-refractivity contribution in [3.05, 3.63) is 71.8 Å². The van der Waals surface area contributed by atoms with Gasteiger partial charge in [-0.25, -0.2) is 0 Å². The number of hydrogen-bond donors (Lipinski definition) is 1. The number of nitrogens with zero attached hydrogens (tertiary/aromatic N) is 3. The zero-order valence-corrected chi connectivity index (χ0v) is 15.3. The minimum absolute atomic E-state index is 0.204. The fourth-order valence-corrected chi connectivity index (χ4v) is 3.17. The van der Waals surface area contributed by atoms with Gasteiger partial charge in [-0.3, -0.25) is 4.79 Å². The molecule has 0 radical (unpaired) electrons. The molecule has 138 valence electrons. The van der Waals surface area contributed by atoms with Crippen LogP contribution in [0.3, 0.4) is 0 Å². The van der Waals surface area contributed by atoms with Crippen LogP contribution in [-0.4, -0.2) is 20.7 Å². The Labute approximate surface area is 158 Å². The number of para-hydroxylation sites is 2. The Morgan fingerprint density at radius 1 is 1.11 bits per heavy atom. The highest BCUT2D eigenvalue weighted by Gasteiger charge is 2.25. The van der Waals surface area contributed by atoms with Crippen LogP contribution in [0.2, 0.25) is 0 Å². The van der Waals surface area contributed by atoms with E-state index < -0.39 is 0 Å². The van der Waals surface area contributed by atoms with Gasteiger partial charge < -0.3 is 14.6 Å². The van der Waals surface area contributed by atoms with Gasteiger partial charge in [-0.2, -0.15) is 0 Å². The van der Waals surface area contributed by atoms with Crippen molar-refractivity contribution in [2.45, 2.75) is 31.8 Å². The van der Waals surface area contributed by atoms with Crippen molar-refractivity contribution in [1.29, 1.82) is 0 Å². The van der Waals surface area contributed by atoms with Gasteiger partial charge >= 0.3 is 0 Å². The summed E-state index contributed by atoms with van der Waals surface area (Å²) in [6.07, 6.45) is 3.61. The molecule has 0 atom stereocenters. The van der Waals surface area contributed by atoms with E-state index in [9.17, 15) is 4.79 Å². The van der Waals surface area contributed by atoms with Crippen molar-refractivity contribution < 1.29 is 9.53 Å². The van der Waals surface area contributed by atoms with E-state index in [4.69, 9.17) is 4.74 Å². The summed E-state index contributed by atoms with van der Waals surface area (Å²) in [5.41, 5.74) is 1.23.